The zero-order chi connectivity index (χ0) is 23.6. The minimum atomic E-state index is -0.0642. The van der Waals surface area contributed by atoms with Crippen molar-refractivity contribution >= 4 is 11.4 Å². The van der Waals surface area contributed by atoms with Gasteiger partial charge in [0.25, 0.3) is 0 Å². The Balaban J connectivity index is 1.49. The van der Waals surface area contributed by atoms with Crippen LogP contribution >= 0.6 is 0 Å². The molecule has 4 aromatic carbocycles. The van der Waals surface area contributed by atoms with Crippen molar-refractivity contribution in [2.24, 2.45) is 0 Å². The lowest BCUT2D eigenvalue weighted by Crippen LogP contribution is -2.18. The molecular formula is C31H34N2. The van der Waals surface area contributed by atoms with Crippen LogP contribution in [0.5, 0.6) is 0 Å². The molecule has 0 saturated heterocycles. The predicted molar refractivity (Wildman–Crippen MR) is 142 cm³/mol. The topological polar surface area (TPSA) is 52.0 Å². The molecule has 4 N–H and O–H groups in total. The van der Waals surface area contributed by atoms with Gasteiger partial charge in [-0.2, -0.15) is 0 Å². The van der Waals surface area contributed by atoms with E-state index in [1.807, 2.05) is 24.3 Å². The molecule has 0 aromatic heterocycles. The summed E-state index contributed by atoms with van der Waals surface area (Å²) in [5.41, 5.74) is 23.8. The highest BCUT2D eigenvalue weighted by atomic mass is 14.5. The first kappa shape index (κ1) is 22.7. The van der Waals surface area contributed by atoms with Gasteiger partial charge in [-0.1, -0.05) is 74.5 Å². The van der Waals surface area contributed by atoms with E-state index in [4.69, 9.17) is 11.5 Å². The zero-order valence-electron chi connectivity index (χ0n) is 20.2. The number of aryl methyl sites for hydroxylation is 2. The number of anilines is 2. The molecule has 0 saturated carbocycles. The fraction of sp³-hybridized carbons (Fsp3) is 0.226. The van der Waals surface area contributed by atoms with Crippen LogP contribution in [-0.2, 0) is 18.3 Å². The molecule has 0 unspecified atom stereocenters. The second kappa shape index (κ2) is 9.15. The standard InChI is InChI=1S/C31H34N2/c1-21-17-29(32)15-9-25(21)19-23-5-11-27(12-6-23)31(3,4)28-13-7-24(8-14-28)20-26-10-16-30(33)18-22(26)2/h5-18H,19-20,32-33H2,1-4H3. The third-order valence-electron chi connectivity index (χ3n) is 6.87. The van der Waals surface area contributed by atoms with E-state index in [1.165, 1.54) is 44.5 Å². The van der Waals surface area contributed by atoms with E-state index in [0.29, 0.717) is 0 Å². The number of hydrogen-bond donors (Lipinski definition) is 2. The normalized spacial score (nSPS) is 11.5. The average Bonchev–Trinajstić information content (AvgIpc) is 2.78. The van der Waals surface area contributed by atoms with Crippen molar-refractivity contribution in [3.63, 3.8) is 0 Å². The van der Waals surface area contributed by atoms with Crippen molar-refractivity contribution in [1.82, 2.24) is 0 Å². The Hall–Kier alpha value is -3.52. The summed E-state index contributed by atoms with van der Waals surface area (Å²) in [5, 5.41) is 0. The van der Waals surface area contributed by atoms with Crippen LogP contribution in [0.25, 0.3) is 0 Å². The van der Waals surface area contributed by atoms with Crippen LogP contribution in [-0.4, -0.2) is 0 Å². The first-order valence-electron chi connectivity index (χ1n) is 11.6. The van der Waals surface area contributed by atoms with Gasteiger partial charge < -0.3 is 11.5 Å². The van der Waals surface area contributed by atoms with Gasteiger partial charge in [-0.3, -0.25) is 0 Å². The van der Waals surface area contributed by atoms with Gasteiger partial charge in [0.15, 0.2) is 0 Å². The van der Waals surface area contributed by atoms with Gasteiger partial charge in [-0.25, -0.2) is 0 Å². The van der Waals surface area contributed by atoms with E-state index in [1.54, 1.807) is 0 Å². The second-order valence-electron chi connectivity index (χ2n) is 9.74. The molecule has 2 heteroatoms. The summed E-state index contributed by atoms with van der Waals surface area (Å²) in [4.78, 5) is 0. The summed E-state index contributed by atoms with van der Waals surface area (Å²) in [6.07, 6.45) is 1.85. The molecule has 2 nitrogen and oxygen atoms in total. The Morgan fingerprint density at radius 2 is 0.909 bits per heavy atom. The average molecular weight is 435 g/mol. The summed E-state index contributed by atoms with van der Waals surface area (Å²) < 4.78 is 0. The van der Waals surface area contributed by atoms with E-state index < -0.39 is 0 Å². The number of rotatable bonds is 6. The van der Waals surface area contributed by atoms with Crippen molar-refractivity contribution in [3.8, 4) is 0 Å². The minimum Gasteiger partial charge on any atom is -0.399 e. The largest absolute Gasteiger partial charge is 0.399 e. The van der Waals surface area contributed by atoms with Crippen LogP contribution in [0.1, 0.15) is 58.4 Å². The Morgan fingerprint density at radius 3 is 1.24 bits per heavy atom. The molecule has 4 rings (SSSR count). The van der Waals surface area contributed by atoms with E-state index in [-0.39, 0.29) is 5.41 Å². The van der Waals surface area contributed by atoms with Crippen LogP contribution in [0.3, 0.4) is 0 Å². The smallest absolute Gasteiger partial charge is 0.0316 e. The molecule has 0 aliphatic carbocycles. The molecule has 0 atom stereocenters. The third-order valence-corrected chi connectivity index (χ3v) is 6.87. The van der Waals surface area contributed by atoms with Gasteiger partial charge in [-0.15, -0.1) is 0 Å². The quantitative estimate of drug-likeness (QED) is 0.322. The van der Waals surface area contributed by atoms with Crippen molar-refractivity contribution in [3.05, 3.63) is 129 Å². The molecule has 0 radical (unpaired) electrons. The molecule has 0 aliphatic rings. The molecule has 0 fully saturated rings. The molecule has 0 bridgehead atoms. The van der Waals surface area contributed by atoms with Crippen molar-refractivity contribution < 1.29 is 0 Å². The van der Waals surface area contributed by atoms with E-state index >= 15 is 0 Å². The summed E-state index contributed by atoms with van der Waals surface area (Å²) in [6.45, 7) is 8.85. The Bertz CT molecular complexity index is 1150. The number of hydrogen-bond acceptors (Lipinski definition) is 2. The summed E-state index contributed by atoms with van der Waals surface area (Å²) in [6, 6.07) is 30.4. The number of nitrogen functional groups attached to an aromatic ring is 2. The van der Waals surface area contributed by atoms with Crippen LogP contribution in [0, 0.1) is 13.8 Å². The lowest BCUT2D eigenvalue weighted by atomic mass is 9.77. The molecule has 168 valence electrons. The van der Waals surface area contributed by atoms with Gasteiger partial charge >= 0.3 is 0 Å². The monoisotopic (exact) mass is 434 g/mol. The lowest BCUT2D eigenvalue weighted by Gasteiger charge is -2.26. The van der Waals surface area contributed by atoms with Crippen LogP contribution < -0.4 is 11.5 Å². The molecule has 0 spiro atoms. The third kappa shape index (κ3) is 5.12. The van der Waals surface area contributed by atoms with Crippen molar-refractivity contribution in [1.29, 1.82) is 0 Å². The van der Waals surface area contributed by atoms with Gasteiger partial charge in [0, 0.05) is 16.8 Å². The van der Waals surface area contributed by atoms with E-state index in [0.717, 1.165) is 24.2 Å². The number of benzene rings is 4. The summed E-state index contributed by atoms with van der Waals surface area (Å²) in [7, 11) is 0. The lowest BCUT2D eigenvalue weighted by molar-refractivity contribution is 0.640. The highest BCUT2D eigenvalue weighted by Gasteiger charge is 2.23. The Labute approximate surface area is 198 Å². The molecule has 0 amide bonds. The highest BCUT2D eigenvalue weighted by molar-refractivity contribution is 5.48. The summed E-state index contributed by atoms with van der Waals surface area (Å²) in [5.74, 6) is 0. The van der Waals surface area contributed by atoms with E-state index in [9.17, 15) is 0 Å². The van der Waals surface area contributed by atoms with Gasteiger partial charge in [0.2, 0.25) is 0 Å². The molecular weight excluding hydrogens is 400 g/mol. The van der Waals surface area contributed by atoms with Gasteiger partial charge in [0.05, 0.1) is 0 Å². The molecule has 0 aliphatic heterocycles. The second-order valence-corrected chi connectivity index (χ2v) is 9.74. The Kier molecular flexibility index (Phi) is 6.29. The van der Waals surface area contributed by atoms with Crippen molar-refractivity contribution in [2.75, 3.05) is 11.5 Å². The van der Waals surface area contributed by atoms with Crippen LogP contribution in [0.15, 0.2) is 84.9 Å². The Morgan fingerprint density at radius 1 is 0.545 bits per heavy atom. The maximum absolute atomic E-state index is 5.90. The first-order chi connectivity index (χ1) is 15.7. The zero-order valence-corrected chi connectivity index (χ0v) is 20.2. The highest BCUT2D eigenvalue weighted by Crippen LogP contribution is 2.32. The molecule has 4 aromatic rings. The predicted octanol–water partition coefficient (Wildman–Crippen LogP) is 6.98. The fourth-order valence-electron chi connectivity index (χ4n) is 4.52. The first-order valence-corrected chi connectivity index (χ1v) is 11.6. The maximum atomic E-state index is 5.90. The van der Waals surface area contributed by atoms with Crippen LogP contribution in [0.4, 0.5) is 11.4 Å². The minimum absolute atomic E-state index is 0.0642. The summed E-state index contributed by atoms with van der Waals surface area (Å²) >= 11 is 0. The maximum Gasteiger partial charge on any atom is 0.0316 e. The SMILES string of the molecule is Cc1cc(N)ccc1Cc1ccc(C(C)(C)c2ccc(Cc3ccc(N)cc3C)cc2)cc1. The molecule has 0 heterocycles. The van der Waals surface area contributed by atoms with Crippen molar-refractivity contribution in [2.45, 2.75) is 46.0 Å². The van der Waals surface area contributed by atoms with Gasteiger partial charge in [0.1, 0.15) is 0 Å². The fourth-order valence-corrected chi connectivity index (χ4v) is 4.52. The molecule has 33 heavy (non-hydrogen) atoms. The van der Waals surface area contributed by atoms with E-state index in [2.05, 4.69) is 88.4 Å². The van der Waals surface area contributed by atoms with Crippen LogP contribution in [0.2, 0.25) is 0 Å². The van der Waals surface area contributed by atoms with Gasteiger partial charge in [-0.05, 0) is 95.5 Å². The number of nitrogens with two attached hydrogens (primary N) is 2.